The molecule has 0 aliphatic heterocycles. The van der Waals surface area contributed by atoms with Crippen LogP contribution in [-0.2, 0) is 4.79 Å². The number of hydrogen-bond acceptors (Lipinski definition) is 3. The van der Waals surface area contributed by atoms with Crippen molar-refractivity contribution in [2.75, 3.05) is 11.9 Å². The number of amides is 1. The highest BCUT2D eigenvalue weighted by Crippen LogP contribution is 2.25. The van der Waals surface area contributed by atoms with E-state index in [0.29, 0.717) is 27.0 Å². The fraction of sp³-hybridized carbons (Fsp3) is 0.0667. The van der Waals surface area contributed by atoms with Gasteiger partial charge in [0.25, 0.3) is 5.91 Å². The van der Waals surface area contributed by atoms with Crippen molar-refractivity contribution in [3.8, 4) is 11.8 Å². The fourth-order valence-electron chi connectivity index (χ4n) is 1.58. The second-order valence-corrected chi connectivity index (χ2v) is 4.94. The summed E-state index contributed by atoms with van der Waals surface area (Å²) in [6.45, 7) is -0.187. The zero-order valence-corrected chi connectivity index (χ0v) is 12.3. The van der Waals surface area contributed by atoms with Gasteiger partial charge < -0.3 is 10.1 Å². The second kappa shape index (κ2) is 6.98. The predicted octanol–water partition coefficient (Wildman–Crippen LogP) is 3.88. The lowest BCUT2D eigenvalue weighted by Crippen LogP contribution is -2.20. The van der Waals surface area contributed by atoms with Crippen LogP contribution in [0.4, 0.5) is 5.69 Å². The number of carbonyl (C=O) groups excluding carboxylic acids is 1. The van der Waals surface area contributed by atoms with E-state index in [0.717, 1.165) is 0 Å². The molecule has 4 nitrogen and oxygen atoms in total. The summed E-state index contributed by atoms with van der Waals surface area (Å²) in [7, 11) is 0. The summed E-state index contributed by atoms with van der Waals surface area (Å²) in [5.41, 5.74) is 0.925. The number of halogens is 2. The van der Waals surface area contributed by atoms with Crippen molar-refractivity contribution in [1.82, 2.24) is 0 Å². The second-order valence-electron chi connectivity index (χ2n) is 4.10. The summed E-state index contributed by atoms with van der Waals surface area (Å²) < 4.78 is 5.31. The number of anilines is 1. The van der Waals surface area contributed by atoms with E-state index in [-0.39, 0.29) is 12.5 Å². The van der Waals surface area contributed by atoms with Crippen LogP contribution in [0, 0.1) is 11.3 Å². The summed E-state index contributed by atoms with van der Waals surface area (Å²) in [4.78, 5) is 11.8. The van der Waals surface area contributed by atoms with Crippen molar-refractivity contribution in [3.05, 3.63) is 58.1 Å². The minimum absolute atomic E-state index is 0.187. The average molecular weight is 321 g/mol. The summed E-state index contributed by atoms with van der Waals surface area (Å²) in [5.74, 6) is 0.0907. The van der Waals surface area contributed by atoms with Crippen LogP contribution in [0.25, 0.3) is 0 Å². The van der Waals surface area contributed by atoms with Crippen molar-refractivity contribution in [3.63, 3.8) is 0 Å². The standard InChI is InChI=1S/C15H10Cl2N2O2/c16-11-4-5-14(13(17)7-11)19-15(20)9-21-12-3-1-2-10(6-12)8-18/h1-7H,9H2,(H,19,20). The fourth-order valence-corrected chi connectivity index (χ4v) is 2.04. The summed E-state index contributed by atoms with van der Waals surface area (Å²) >= 11 is 11.7. The van der Waals surface area contributed by atoms with Crippen LogP contribution >= 0.6 is 23.2 Å². The molecule has 2 aromatic carbocycles. The monoisotopic (exact) mass is 320 g/mol. The molecular formula is C15H10Cl2N2O2. The van der Waals surface area contributed by atoms with Gasteiger partial charge in [0.2, 0.25) is 0 Å². The SMILES string of the molecule is N#Cc1cccc(OCC(=O)Nc2ccc(Cl)cc2Cl)c1. The number of benzene rings is 2. The molecule has 1 N–H and O–H groups in total. The zero-order chi connectivity index (χ0) is 15.2. The van der Waals surface area contributed by atoms with Crippen LogP contribution in [0.1, 0.15) is 5.56 Å². The van der Waals surface area contributed by atoms with Crippen LogP contribution in [0.3, 0.4) is 0 Å². The third-order valence-electron chi connectivity index (χ3n) is 2.54. The van der Waals surface area contributed by atoms with E-state index in [4.69, 9.17) is 33.2 Å². The maximum atomic E-state index is 11.8. The van der Waals surface area contributed by atoms with Gasteiger partial charge in [-0.25, -0.2) is 0 Å². The normalized spacial score (nSPS) is 9.76. The van der Waals surface area contributed by atoms with Gasteiger partial charge in [-0.1, -0.05) is 29.3 Å². The minimum Gasteiger partial charge on any atom is -0.484 e. The van der Waals surface area contributed by atoms with E-state index in [9.17, 15) is 4.79 Å². The molecule has 0 saturated heterocycles. The molecule has 0 aliphatic rings. The van der Waals surface area contributed by atoms with Crippen molar-refractivity contribution in [2.24, 2.45) is 0 Å². The van der Waals surface area contributed by atoms with Crippen LogP contribution in [0.15, 0.2) is 42.5 Å². The third kappa shape index (κ3) is 4.38. The van der Waals surface area contributed by atoms with Gasteiger partial charge in [0.15, 0.2) is 6.61 Å². The number of hydrogen-bond donors (Lipinski definition) is 1. The number of carbonyl (C=O) groups is 1. The largest absolute Gasteiger partial charge is 0.484 e. The van der Waals surface area contributed by atoms with Crippen LogP contribution < -0.4 is 10.1 Å². The maximum Gasteiger partial charge on any atom is 0.262 e. The Morgan fingerprint density at radius 1 is 1.24 bits per heavy atom. The van der Waals surface area contributed by atoms with Gasteiger partial charge >= 0.3 is 0 Å². The molecule has 2 aromatic rings. The molecule has 6 heteroatoms. The number of nitrogens with zero attached hydrogens (tertiary/aromatic N) is 1. The van der Waals surface area contributed by atoms with E-state index in [2.05, 4.69) is 5.32 Å². The molecule has 0 aliphatic carbocycles. The van der Waals surface area contributed by atoms with Gasteiger partial charge in [-0.2, -0.15) is 5.26 Å². The molecule has 0 unspecified atom stereocenters. The van der Waals surface area contributed by atoms with Crippen molar-refractivity contribution in [2.45, 2.75) is 0 Å². The Labute approximate surface area is 131 Å². The van der Waals surface area contributed by atoms with E-state index in [1.807, 2.05) is 6.07 Å². The van der Waals surface area contributed by atoms with E-state index in [1.54, 1.807) is 36.4 Å². The first-order chi connectivity index (χ1) is 10.1. The van der Waals surface area contributed by atoms with Gasteiger partial charge in [0.1, 0.15) is 5.75 Å². The van der Waals surface area contributed by atoms with Crippen LogP contribution in [-0.4, -0.2) is 12.5 Å². The first kappa shape index (κ1) is 15.2. The Morgan fingerprint density at radius 3 is 2.76 bits per heavy atom. The van der Waals surface area contributed by atoms with Gasteiger partial charge in [0.05, 0.1) is 22.3 Å². The molecule has 0 aromatic heterocycles. The topological polar surface area (TPSA) is 62.1 Å². The molecule has 0 heterocycles. The minimum atomic E-state index is -0.360. The Kier molecular flexibility index (Phi) is 5.04. The third-order valence-corrected chi connectivity index (χ3v) is 3.09. The summed E-state index contributed by atoms with van der Waals surface area (Å²) in [6, 6.07) is 13.3. The summed E-state index contributed by atoms with van der Waals surface area (Å²) in [5, 5.41) is 12.2. The summed E-state index contributed by atoms with van der Waals surface area (Å²) in [6.07, 6.45) is 0. The van der Waals surface area contributed by atoms with Gasteiger partial charge in [0, 0.05) is 5.02 Å². The molecule has 0 bridgehead atoms. The smallest absolute Gasteiger partial charge is 0.262 e. The quantitative estimate of drug-likeness (QED) is 0.929. The molecule has 1 amide bonds. The predicted molar refractivity (Wildman–Crippen MR) is 81.7 cm³/mol. The number of ether oxygens (including phenoxy) is 1. The van der Waals surface area contributed by atoms with Crippen LogP contribution in [0.2, 0.25) is 10.0 Å². The van der Waals surface area contributed by atoms with Crippen LogP contribution in [0.5, 0.6) is 5.75 Å². The highest BCUT2D eigenvalue weighted by molar-refractivity contribution is 6.36. The highest BCUT2D eigenvalue weighted by Gasteiger charge is 2.07. The number of rotatable bonds is 4. The molecule has 0 fully saturated rings. The number of nitrogens with one attached hydrogen (secondary N) is 1. The molecule has 0 saturated carbocycles. The molecule has 0 spiro atoms. The highest BCUT2D eigenvalue weighted by atomic mass is 35.5. The Balaban J connectivity index is 1.94. The van der Waals surface area contributed by atoms with E-state index >= 15 is 0 Å². The first-order valence-electron chi connectivity index (χ1n) is 5.96. The first-order valence-corrected chi connectivity index (χ1v) is 6.72. The number of nitriles is 1. The lowest BCUT2D eigenvalue weighted by atomic mass is 10.2. The van der Waals surface area contributed by atoms with Crippen molar-refractivity contribution < 1.29 is 9.53 Å². The molecule has 0 radical (unpaired) electrons. The maximum absolute atomic E-state index is 11.8. The van der Waals surface area contributed by atoms with E-state index < -0.39 is 0 Å². The zero-order valence-electron chi connectivity index (χ0n) is 10.8. The van der Waals surface area contributed by atoms with Crippen molar-refractivity contribution >= 4 is 34.8 Å². The average Bonchev–Trinajstić information content (AvgIpc) is 2.48. The van der Waals surface area contributed by atoms with E-state index in [1.165, 1.54) is 6.07 Å². The molecule has 0 atom stereocenters. The Hall–Kier alpha value is -2.22. The molecule has 2 rings (SSSR count). The Bertz CT molecular complexity index is 711. The van der Waals surface area contributed by atoms with Gasteiger partial charge in [-0.3, -0.25) is 4.79 Å². The van der Waals surface area contributed by atoms with Crippen molar-refractivity contribution in [1.29, 1.82) is 5.26 Å². The van der Waals surface area contributed by atoms with Gasteiger partial charge in [-0.15, -0.1) is 0 Å². The molecular weight excluding hydrogens is 311 g/mol. The Morgan fingerprint density at radius 2 is 2.05 bits per heavy atom. The molecule has 21 heavy (non-hydrogen) atoms. The lowest BCUT2D eigenvalue weighted by Gasteiger charge is -2.09. The lowest BCUT2D eigenvalue weighted by molar-refractivity contribution is -0.118. The molecule has 106 valence electrons. The van der Waals surface area contributed by atoms with Gasteiger partial charge in [-0.05, 0) is 36.4 Å².